The molecular weight excluding hydrogens is 464 g/mol. The Bertz CT molecular complexity index is 1470. The SMILES string of the molecule is Cc1ccc(S(=O)(=O)N2[C@H]3[C@H](CO)C[C@H](n4cnc5c(NCc6ccccc6)ncnc54)[C@H]32)cc1. The van der Waals surface area contributed by atoms with Crippen LogP contribution in [0.25, 0.3) is 11.2 Å². The fourth-order valence-electron chi connectivity index (χ4n) is 5.34. The third-order valence-electron chi connectivity index (χ3n) is 7.12. The molecule has 1 saturated heterocycles. The Balaban J connectivity index is 1.30. The van der Waals surface area contributed by atoms with Crippen molar-refractivity contribution in [3.05, 3.63) is 78.4 Å². The van der Waals surface area contributed by atoms with E-state index < -0.39 is 10.0 Å². The fourth-order valence-corrected chi connectivity index (χ4v) is 7.21. The second-order valence-electron chi connectivity index (χ2n) is 9.26. The van der Waals surface area contributed by atoms with E-state index in [0.717, 1.165) is 11.1 Å². The molecule has 0 amide bonds. The lowest BCUT2D eigenvalue weighted by Crippen LogP contribution is -2.27. The van der Waals surface area contributed by atoms with Crippen LogP contribution in [-0.4, -0.2) is 56.0 Å². The lowest BCUT2D eigenvalue weighted by molar-refractivity contribution is 0.206. The highest BCUT2D eigenvalue weighted by atomic mass is 32.2. The van der Waals surface area contributed by atoms with Gasteiger partial charge in [0.15, 0.2) is 11.5 Å². The van der Waals surface area contributed by atoms with Crippen LogP contribution in [0.2, 0.25) is 0 Å². The Hall–Kier alpha value is -3.34. The smallest absolute Gasteiger partial charge is 0.243 e. The van der Waals surface area contributed by atoms with E-state index in [1.165, 1.54) is 6.33 Å². The monoisotopic (exact) mass is 490 g/mol. The predicted molar refractivity (Wildman–Crippen MR) is 131 cm³/mol. The van der Waals surface area contributed by atoms with Crippen LogP contribution in [0, 0.1) is 12.8 Å². The minimum atomic E-state index is -3.67. The Morgan fingerprint density at radius 1 is 1.03 bits per heavy atom. The molecule has 2 fully saturated rings. The number of nitrogens with zero attached hydrogens (tertiary/aromatic N) is 5. The maximum atomic E-state index is 13.4. The highest BCUT2D eigenvalue weighted by Crippen LogP contribution is 2.55. The molecule has 0 spiro atoms. The molecule has 6 rings (SSSR count). The van der Waals surface area contributed by atoms with Crippen LogP contribution in [0.3, 0.4) is 0 Å². The van der Waals surface area contributed by atoms with Crippen LogP contribution in [-0.2, 0) is 16.6 Å². The van der Waals surface area contributed by atoms with E-state index in [2.05, 4.69) is 20.3 Å². The van der Waals surface area contributed by atoms with Crippen molar-refractivity contribution in [1.29, 1.82) is 0 Å². The molecular formula is C25H26N6O3S. The van der Waals surface area contributed by atoms with E-state index in [1.54, 1.807) is 34.9 Å². The second kappa shape index (κ2) is 8.40. The number of aliphatic hydroxyl groups is 1. The van der Waals surface area contributed by atoms with Gasteiger partial charge in [-0.15, -0.1) is 0 Å². The van der Waals surface area contributed by atoms with Gasteiger partial charge in [0.25, 0.3) is 0 Å². The molecule has 5 atom stereocenters. The number of aromatic nitrogens is 4. The predicted octanol–water partition coefficient (Wildman–Crippen LogP) is 2.74. The average Bonchev–Trinajstić information content (AvgIpc) is 3.29. The summed E-state index contributed by atoms with van der Waals surface area (Å²) >= 11 is 0. The van der Waals surface area contributed by atoms with Crippen LogP contribution in [0.1, 0.15) is 23.6 Å². The first kappa shape index (κ1) is 22.1. The summed E-state index contributed by atoms with van der Waals surface area (Å²) in [5.41, 5.74) is 3.42. The highest BCUT2D eigenvalue weighted by molar-refractivity contribution is 7.89. The zero-order valence-electron chi connectivity index (χ0n) is 19.2. The van der Waals surface area contributed by atoms with Crippen molar-refractivity contribution < 1.29 is 13.5 Å². The van der Waals surface area contributed by atoms with E-state index in [1.807, 2.05) is 41.8 Å². The summed E-state index contributed by atoms with van der Waals surface area (Å²) in [6.45, 7) is 2.46. The molecule has 4 aromatic rings. The Morgan fingerprint density at radius 3 is 2.54 bits per heavy atom. The zero-order chi connectivity index (χ0) is 24.2. The largest absolute Gasteiger partial charge is 0.396 e. The molecule has 180 valence electrons. The first-order valence-electron chi connectivity index (χ1n) is 11.7. The number of hydrogen-bond donors (Lipinski definition) is 2. The van der Waals surface area contributed by atoms with Gasteiger partial charge in [0.05, 0.1) is 23.3 Å². The molecule has 0 bridgehead atoms. The van der Waals surface area contributed by atoms with E-state index in [0.29, 0.717) is 29.9 Å². The molecule has 0 radical (unpaired) electrons. The van der Waals surface area contributed by atoms with Crippen molar-refractivity contribution in [2.24, 2.45) is 5.92 Å². The lowest BCUT2D eigenvalue weighted by Gasteiger charge is -2.21. The number of aliphatic hydroxyl groups excluding tert-OH is 1. The van der Waals surface area contributed by atoms with E-state index in [-0.39, 0.29) is 35.5 Å². The van der Waals surface area contributed by atoms with Gasteiger partial charge in [0.2, 0.25) is 10.0 Å². The van der Waals surface area contributed by atoms with Crippen LogP contribution < -0.4 is 5.32 Å². The third kappa shape index (κ3) is 3.69. The first-order valence-corrected chi connectivity index (χ1v) is 13.1. The molecule has 1 saturated carbocycles. The lowest BCUT2D eigenvalue weighted by atomic mass is 10.1. The maximum Gasteiger partial charge on any atom is 0.243 e. The topological polar surface area (TPSA) is 113 Å². The van der Waals surface area contributed by atoms with Gasteiger partial charge >= 0.3 is 0 Å². The Labute approximate surface area is 203 Å². The second-order valence-corrected chi connectivity index (χ2v) is 11.1. The molecule has 1 aliphatic heterocycles. The summed E-state index contributed by atoms with van der Waals surface area (Å²) in [4.78, 5) is 13.7. The fraction of sp³-hybridized carbons (Fsp3) is 0.320. The molecule has 1 aliphatic carbocycles. The summed E-state index contributed by atoms with van der Waals surface area (Å²) < 4.78 is 30.3. The van der Waals surface area contributed by atoms with Gasteiger partial charge in [-0.2, -0.15) is 4.31 Å². The van der Waals surface area contributed by atoms with E-state index in [9.17, 15) is 13.5 Å². The number of anilines is 1. The maximum absolute atomic E-state index is 13.4. The first-order chi connectivity index (χ1) is 17.0. The van der Waals surface area contributed by atoms with E-state index in [4.69, 9.17) is 0 Å². The standard InChI is InChI=1S/C25H26N6O3S/c1-16-7-9-19(10-8-16)35(33,34)31-22-18(13-32)11-20(23(22)31)30-15-29-21-24(27-14-28-25(21)30)26-12-17-5-3-2-4-6-17/h2-10,14-15,18,20,22-23,32H,11-13H2,1H3,(H,26,27,28)/t18-,20-,22-,23+,31?/m0/s1. The van der Waals surface area contributed by atoms with Crippen LogP contribution in [0.4, 0.5) is 5.82 Å². The summed E-state index contributed by atoms with van der Waals surface area (Å²) in [5, 5.41) is 13.4. The molecule has 1 unspecified atom stereocenters. The van der Waals surface area contributed by atoms with Crippen molar-refractivity contribution in [3.8, 4) is 0 Å². The number of fused-ring (bicyclic) bond motifs is 2. The molecule has 2 aliphatic rings. The Morgan fingerprint density at radius 2 is 1.80 bits per heavy atom. The van der Waals surface area contributed by atoms with Crippen LogP contribution in [0.5, 0.6) is 0 Å². The molecule has 10 heteroatoms. The summed E-state index contributed by atoms with van der Waals surface area (Å²) in [6.07, 6.45) is 3.87. The average molecular weight is 491 g/mol. The minimum Gasteiger partial charge on any atom is -0.396 e. The number of aryl methyl sites for hydroxylation is 1. The molecule has 35 heavy (non-hydrogen) atoms. The molecule has 3 heterocycles. The van der Waals surface area contributed by atoms with Crippen molar-refractivity contribution >= 4 is 27.0 Å². The van der Waals surface area contributed by atoms with Crippen molar-refractivity contribution in [2.45, 2.75) is 42.9 Å². The number of hydrogen-bond acceptors (Lipinski definition) is 7. The van der Waals surface area contributed by atoms with Crippen molar-refractivity contribution in [3.63, 3.8) is 0 Å². The third-order valence-corrected chi connectivity index (χ3v) is 9.03. The van der Waals surface area contributed by atoms with Crippen molar-refractivity contribution in [2.75, 3.05) is 11.9 Å². The normalized spacial score (nSPS) is 25.5. The molecule has 2 aromatic heterocycles. The Kier molecular flexibility index (Phi) is 5.32. The molecule has 2 N–H and O–H groups in total. The van der Waals surface area contributed by atoms with Gasteiger partial charge in [-0.1, -0.05) is 48.0 Å². The summed E-state index contributed by atoms with van der Waals surface area (Å²) in [6, 6.07) is 16.3. The van der Waals surface area contributed by atoms with Gasteiger partial charge in [-0.05, 0) is 31.0 Å². The van der Waals surface area contributed by atoms with Gasteiger partial charge in [-0.3, -0.25) is 0 Å². The van der Waals surface area contributed by atoms with Gasteiger partial charge in [-0.25, -0.2) is 23.4 Å². The number of sulfonamides is 1. The summed E-state index contributed by atoms with van der Waals surface area (Å²) in [5.74, 6) is 0.492. The number of nitrogens with one attached hydrogen (secondary N) is 1. The van der Waals surface area contributed by atoms with Gasteiger partial charge in [0.1, 0.15) is 11.8 Å². The van der Waals surface area contributed by atoms with E-state index >= 15 is 0 Å². The quantitative estimate of drug-likeness (QED) is 0.383. The molecule has 2 aromatic carbocycles. The van der Waals surface area contributed by atoms with Crippen LogP contribution in [0.15, 0.2) is 72.1 Å². The number of imidazole rings is 1. The van der Waals surface area contributed by atoms with Gasteiger partial charge in [0, 0.05) is 25.1 Å². The zero-order valence-corrected chi connectivity index (χ0v) is 20.0. The molecule has 9 nitrogen and oxygen atoms in total. The van der Waals surface area contributed by atoms with Crippen molar-refractivity contribution in [1.82, 2.24) is 23.8 Å². The van der Waals surface area contributed by atoms with Crippen LogP contribution >= 0.6 is 0 Å². The number of piperidine rings is 1. The summed E-state index contributed by atoms with van der Waals surface area (Å²) in [7, 11) is -3.67. The minimum absolute atomic E-state index is 0.0664. The van der Waals surface area contributed by atoms with Gasteiger partial charge < -0.3 is 15.0 Å². The number of benzene rings is 2. The number of rotatable bonds is 7. The highest BCUT2D eigenvalue weighted by Gasteiger charge is 2.66.